The van der Waals surface area contributed by atoms with Gasteiger partial charge in [-0.3, -0.25) is 9.69 Å². The van der Waals surface area contributed by atoms with Gasteiger partial charge >= 0.3 is 0 Å². The molecule has 0 bridgehead atoms. The van der Waals surface area contributed by atoms with Gasteiger partial charge in [-0.2, -0.15) is 0 Å². The topological polar surface area (TPSA) is 53.0 Å². The number of amides is 1. The molecule has 2 aliphatic rings. The molecule has 0 aromatic heterocycles. The fourth-order valence-electron chi connectivity index (χ4n) is 4.35. The average molecular weight is 346 g/mol. The molecule has 138 valence electrons. The second kappa shape index (κ2) is 7.34. The number of piperidine rings is 2. The Kier molecular flexibility index (Phi) is 5.35. The van der Waals surface area contributed by atoms with Gasteiger partial charge in [0.05, 0.1) is 13.2 Å². The summed E-state index contributed by atoms with van der Waals surface area (Å²) in [5, 5.41) is 10.2. The van der Waals surface area contributed by atoms with E-state index in [-0.39, 0.29) is 17.4 Å². The summed E-state index contributed by atoms with van der Waals surface area (Å²) >= 11 is 0. The number of aryl methyl sites for hydroxylation is 1. The third-order valence-electron chi connectivity index (χ3n) is 5.93. The van der Waals surface area contributed by atoms with Gasteiger partial charge in [0.1, 0.15) is 5.75 Å². The zero-order chi connectivity index (χ0) is 18.0. The van der Waals surface area contributed by atoms with E-state index in [1.807, 2.05) is 11.0 Å². The number of carbonyl (C=O) groups is 1. The molecule has 1 aromatic rings. The van der Waals surface area contributed by atoms with Crippen molar-refractivity contribution in [1.29, 1.82) is 0 Å². The number of methoxy groups -OCH3 is 1. The number of benzene rings is 1. The van der Waals surface area contributed by atoms with Gasteiger partial charge < -0.3 is 14.7 Å². The smallest absolute Gasteiger partial charge is 0.219 e. The summed E-state index contributed by atoms with van der Waals surface area (Å²) in [6.45, 7) is 8.01. The van der Waals surface area contributed by atoms with Crippen molar-refractivity contribution in [3.8, 4) is 5.75 Å². The lowest BCUT2D eigenvalue weighted by molar-refractivity contribution is -0.138. The van der Waals surface area contributed by atoms with Crippen molar-refractivity contribution in [2.24, 2.45) is 5.41 Å². The van der Waals surface area contributed by atoms with Gasteiger partial charge in [0.15, 0.2) is 0 Å². The quantitative estimate of drug-likeness (QED) is 0.912. The van der Waals surface area contributed by atoms with E-state index in [4.69, 9.17) is 4.74 Å². The molecule has 5 nitrogen and oxygen atoms in total. The van der Waals surface area contributed by atoms with Crippen molar-refractivity contribution in [2.75, 3.05) is 33.3 Å². The molecule has 2 saturated heterocycles. The molecule has 0 radical (unpaired) electrons. The molecule has 1 spiro atoms. The van der Waals surface area contributed by atoms with E-state index in [2.05, 4.69) is 24.0 Å². The van der Waals surface area contributed by atoms with Crippen molar-refractivity contribution in [1.82, 2.24) is 9.80 Å². The minimum Gasteiger partial charge on any atom is -0.497 e. The minimum atomic E-state index is -0.381. The average Bonchev–Trinajstić information content (AvgIpc) is 2.58. The van der Waals surface area contributed by atoms with Crippen LogP contribution in [0.15, 0.2) is 18.2 Å². The molecule has 2 heterocycles. The molecule has 2 aliphatic heterocycles. The summed E-state index contributed by atoms with van der Waals surface area (Å²) in [7, 11) is 1.70. The number of nitrogens with zero attached hydrogens (tertiary/aromatic N) is 2. The van der Waals surface area contributed by atoms with E-state index < -0.39 is 0 Å². The summed E-state index contributed by atoms with van der Waals surface area (Å²) in [5.41, 5.74) is 2.69. The number of aliphatic hydroxyl groups excluding tert-OH is 1. The Balaban J connectivity index is 1.61. The monoisotopic (exact) mass is 346 g/mol. The molecule has 25 heavy (non-hydrogen) atoms. The van der Waals surface area contributed by atoms with Crippen LogP contribution >= 0.6 is 0 Å². The standard InChI is InChI=1S/C20H30N2O3/c1-15-10-19(25-3)5-4-17(15)12-21-8-6-20(7-9-21)11-18(24)13-22(14-20)16(2)23/h4-5,10,18,24H,6-9,11-14H2,1-3H3. The molecule has 1 atom stereocenters. The van der Waals surface area contributed by atoms with Crippen LogP contribution in [0.25, 0.3) is 0 Å². The van der Waals surface area contributed by atoms with E-state index in [0.29, 0.717) is 6.54 Å². The lowest BCUT2D eigenvalue weighted by atomic mass is 9.71. The summed E-state index contributed by atoms with van der Waals surface area (Å²) < 4.78 is 5.29. The van der Waals surface area contributed by atoms with E-state index >= 15 is 0 Å². The fraction of sp³-hybridized carbons (Fsp3) is 0.650. The highest BCUT2D eigenvalue weighted by molar-refractivity contribution is 5.73. The maximum absolute atomic E-state index is 11.8. The SMILES string of the molecule is COc1ccc(CN2CCC3(CC2)CC(O)CN(C(C)=O)C3)c(C)c1. The predicted molar refractivity (Wildman–Crippen MR) is 97.6 cm³/mol. The van der Waals surface area contributed by atoms with Crippen molar-refractivity contribution < 1.29 is 14.6 Å². The van der Waals surface area contributed by atoms with Gasteiger partial charge in [-0.05, 0) is 68.0 Å². The molecule has 3 rings (SSSR count). The predicted octanol–water partition coefficient (Wildman–Crippen LogP) is 2.20. The van der Waals surface area contributed by atoms with Crippen LogP contribution in [0.2, 0.25) is 0 Å². The number of hydrogen-bond donors (Lipinski definition) is 1. The van der Waals surface area contributed by atoms with E-state index in [0.717, 1.165) is 51.2 Å². The van der Waals surface area contributed by atoms with Crippen LogP contribution in [0.1, 0.15) is 37.3 Å². The Morgan fingerprint density at radius 3 is 2.68 bits per heavy atom. The number of carbonyl (C=O) groups excluding carboxylic acids is 1. The second-order valence-corrected chi connectivity index (χ2v) is 7.83. The van der Waals surface area contributed by atoms with E-state index in [1.165, 1.54) is 11.1 Å². The van der Waals surface area contributed by atoms with Crippen LogP contribution in [0, 0.1) is 12.3 Å². The first kappa shape index (κ1) is 18.2. The number of likely N-dealkylation sites (tertiary alicyclic amines) is 2. The molecule has 0 aliphatic carbocycles. The minimum absolute atomic E-state index is 0.0782. The van der Waals surface area contributed by atoms with Gasteiger partial charge in [-0.1, -0.05) is 6.07 Å². The molecule has 1 aromatic carbocycles. The number of aliphatic hydroxyl groups is 1. The van der Waals surface area contributed by atoms with Gasteiger partial charge in [-0.15, -0.1) is 0 Å². The first-order chi connectivity index (χ1) is 11.9. The second-order valence-electron chi connectivity index (χ2n) is 7.83. The van der Waals surface area contributed by atoms with Crippen molar-refractivity contribution in [2.45, 2.75) is 45.8 Å². The summed E-state index contributed by atoms with van der Waals surface area (Å²) in [6, 6.07) is 6.26. The highest BCUT2D eigenvalue weighted by Gasteiger charge is 2.42. The Labute approximate surface area is 150 Å². The lowest BCUT2D eigenvalue weighted by Crippen LogP contribution is -2.54. The van der Waals surface area contributed by atoms with Crippen LogP contribution in [0.3, 0.4) is 0 Å². The van der Waals surface area contributed by atoms with Crippen LogP contribution in [0.5, 0.6) is 5.75 Å². The molecular formula is C20H30N2O3. The molecule has 5 heteroatoms. The Morgan fingerprint density at radius 1 is 1.36 bits per heavy atom. The lowest BCUT2D eigenvalue weighted by Gasteiger charge is -2.49. The molecular weight excluding hydrogens is 316 g/mol. The van der Waals surface area contributed by atoms with Crippen LogP contribution in [-0.2, 0) is 11.3 Å². The zero-order valence-corrected chi connectivity index (χ0v) is 15.6. The summed E-state index contributed by atoms with van der Waals surface area (Å²) in [4.78, 5) is 16.1. The van der Waals surface area contributed by atoms with E-state index in [9.17, 15) is 9.90 Å². The van der Waals surface area contributed by atoms with Crippen molar-refractivity contribution in [3.05, 3.63) is 29.3 Å². The third-order valence-corrected chi connectivity index (χ3v) is 5.93. The zero-order valence-electron chi connectivity index (χ0n) is 15.6. The van der Waals surface area contributed by atoms with Gasteiger partial charge in [0.2, 0.25) is 5.91 Å². The van der Waals surface area contributed by atoms with Crippen LogP contribution < -0.4 is 4.74 Å². The molecule has 1 amide bonds. The van der Waals surface area contributed by atoms with Crippen molar-refractivity contribution >= 4 is 5.91 Å². The highest BCUT2D eigenvalue weighted by atomic mass is 16.5. The maximum Gasteiger partial charge on any atom is 0.219 e. The highest BCUT2D eigenvalue weighted by Crippen LogP contribution is 2.40. The first-order valence-corrected chi connectivity index (χ1v) is 9.20. The number of hydrogen-bond acceptors (Lipinski definition) is 4. The Bertz CT molecular complexity index is 623. The molecule has 1 N–H and O–H groups in total. The number of β-amino-alcohol motifs (C(OH)–C–C–N with tert-alkyl or cyclic N) is 1. The molecule has 0 saturated carbocycles. The first-order valence-electron chi connectivity index (χ1n) is 9.20. The normalized spacial score (nSPS) is 23.7. The van der Waals surface area contributed by atoms with Crippen LogP contribution in [-0.4, -0.2) is 60.2 Å². The fourth-order valence-corrected chi connectivity index (χ4v) is 4.35. The largest absolute Gasteiger partial charge is 0.497 e. The maximum atomic E-state index is 11.8. The van der Waals surface area contributed by atoms with E-state index in [1.54, 1.807) is 14.0 Å². The summed E-state index contributed by atoms with van der Waals surface area (Å²) in [6.07, 6.45) is 2.53. The van der Waals surface area contributed by atoms with Crippen molar-refractivity contribution in [3.63, 3.8) is 0 Å². The Hall–Kier alpha value is -1.59. The summed E-state index contributed by atoms with van der Waals surface area (Å²) in [5.74, 6) is 0.980. The molecule has 1 unspecified atom stereocenters. The number of rotatable bonds is 3. The molecule has 2 fully saturated rings. The van der Waals surface area contributed by atoms with Gasteiger partial charge in [-0.25, -0.2) is 0 Å². The van der Waals surface area contributed by atoms with Gasteiger partial charge in [0.25, 0.3) is 0 Å². The van der Waals surface area contributed by atoms with Gasteiger partial charge in [0, 0.05) is 26.6 Å². The third kappa shape index (κ3) is 4.15. The van der Waals surface area contributed by atoms with Crippen LogP contribution in [0.4, 0.5) is 0 Å². The number of ether oxygens (including phenoxy) is 1. The Morgan fingerprint density at radius 2 is 2.08 bits per heavy atom.